The van der Waals surface area contributed by atoms with Crippen molar-refractivity contribution in [2.75, 3.05) is 6.61 Å². The molecule has 1 aliphatic carbocycles. The molecule has 1 fully saturated rings. The first kappa shape index (κ1) is 15.3. The molecule has 1 saturated carbocycles. The highest BCUT2D eigenvalue weighted by Gasteiger charge is 2.28. The minimum atomic E-state index is -0.610. The van der Waals surface area contributed by atoms with Crippen molar-refractivity contribution in [3.8, 4) is 0 Å². The van der Waals surface area contributed by atoms with Gasteiger partial charge in [-0.2, -0.15) is 0 Å². The molecule has 1 aromatic carbocycles. The van der Waals surface area contributed by atoms with Crippen LogP contribution in [-0.2, 0) is 14.3 Å². The molecule has 1 aromatic heterocycles. The Bertz CT molecular complexity index is 713. The second-order valence-electron chi connectivity index (χ2n) is 5.65. The number of hydrogen-bond donors (Lipinski definition) is 1. The Morgan fingerprint density at radius 2 is 2.22 bits per heavy atom. The van der Waals surface area contributed by atoms with Crippen LogP contribution >= 0.6 is 0 Å². The van der Waals surface area contributed by atoms with Gasteiger partial charge in [0.2, 0.25) is 5.89 Å². The van der Waals surface area contributed by atoms with Crippen molar-refractivity contribution in [1.29, 1.82) is 0 Å². The fourth-order valence-electron chi connectivity index (χ4n) is 2.30. The van der Waals surface area contributed by atoms with Crippen LogP contribution in [-0.4, -0.2) is 29.5 Å². The van der Waals surface area contributed by atoms with Crippen molar-refractivity contribution < 1.29 is 18.7 Å². The molecule has 0 radical (unpaired) electrons. The van der Waals surface area contributed by atoms with Gasteiger partial charge in [-0.25, -0.2) is 9.78 Å². The molecule has 6 nitrogen and oxygen atoms in total. The number of carbonyl (C=O) groups is 2. The highest BCUT2D eigenvalue weighted by Crippen LogP contribution is 2.32. The second-order valence-corrected chi connectivity index (χ2v) is 5.65. The van der Waals surface area contributed by atoms with E-state index in [4.69, 9.17) is 9.15 Å². The van der Waals surface area contributed by atoms with Gasteiger partial charge in [-0.1, -0.05) is 12.1 Å². The number of amides is 1. The monoisotopic (exact) mass is 314 g/mol. The molecule has 120 valence electrons. The molecule has 23 heavy (non-hydrogen) atoms. The smallest absolute Gasteiger partial charge is 0.331 e. The minimum absolute atomic E-state index is 0.136. The van der Waals surface area contributed by atoms with Crippen molar-refractivity contribution >= 4 is 29.1 Å². The highest BCUT2D eigenvalue weighted by atomic mass is 16.5. The average Bonchev–Trinajstić information content (AvgIpc) is 3.30. The van der Waals surface area contributed by atoms with Gasteiger partial charge in [-0.15, -0.1) is 0 Å². The molecule has 1 heterocycles. The van der Waals surface area contributed by atoms with Crippen LogP contribution in [0, 0.1) is 5.92 Å². The van der Waals surface area contributed by atoms with E-state index in [1.807, 2.05) is 25.1 Å². The Labute approximate surface area is 133 Å². The van der Waals surface area contributed by atoms with Gasteiger partial charge in [0.1, 0.15) is 5.52 Å². The zero-order chi connectivity index (χ0) is 16.2. The molecule has 6 heteroatoms. The molecule has 2 aromatic rings. The van der Waals surface area contributed by atoms with Gasteiger partial charge in [-0.3, -0.25) is 4.79 Å². The van der Waals surface area contributed by atoms with E-state index >= 15 is 0 Å². The normalized spacial score (nSPS) is 15.7. The van der Waals surface area contributed by atoms with Gasteiger partial charge < -0.3 is 14.5 Å². The molecule has 1 atom stereocenters. The van der Waals surface area contributed by atoms with Gasteiger partial charge in [0.15, 0.2) is 12.2 Å². The summed E-state index contributed by atoms with van der Waals surface area (Å²) in [5, 5.41) is 2.82. The van der Waals surface area contributed by atoms with E-state index in [9.17, 15) is 9.59 Å². The maximum Gasteiger partial charge on any atom is 0.331 e. The summed E-state index contributed by atoms with van der Waals surface area (Å²) in [6.45, 7) is 1.68. The summed E-state index contributed by atoms with van der Waals surface area (Å²) >= 11 is 0. The molecular formula is C17H18N2O4. The Morgan fingerprint density at radius 3 is 2.96 bits per heavy atom. The lowest BCUT2D eigenvalue weighted by Crippen LogP contribution is -2.36. The molecule has 0 unspecified atom stereocenters. The first-order valence-electron chi connectivity index (χ1n) is 7.61. The molecule has 0 saturated heterocycles. The lowest BCUT2D eigenvalue weighted by molar-refractivity contribution is -0.144. The van der Waals surface area contributed by atoms with Crippen LogP contribution in [0.4, 0.5) is 0 Å². The third-order valence-electron chi connectivity index (χ3n) is 3.74. The van der Waals surface area contributed by atoms with E-state index in [0.29, 0.717) is 22.9 Å². The highest BCUT2D eigenvalue weighted by molar-refractivity contribution is 5.89. The molecule has 0 spiro atoms. The van der Waals surface area contributed by atoms with Crippen LogP contribution in [0.25, 0.3) is 17.2 Å². The second kappa shape index (κ2) is 6.64. The fraction of sp³-hybridized carbons (Fsp3) is 0.353. The first-order valence-corrected chi connectivity index (χ1v) is 7.61. The number of esters is 1. The van der Waals surface area contributed by atoms with Crippen LogP contribution in [0.5, 0.6) is 0 Å². The number of nitrogens with one attached hydrogen (secondary N) is 1. The van der Waals surface area contributed by atoms with Crippen LogP contribution in [0.1, 0.15) is 25.7 Å². The van der Waals surface area contributed by atoms with E-state index in [2.05, 4.69) is 10.3 Å². The van der Waals surface area contributed by atoms with Crippen LogP contribution in [0.15, 0.2) is 34.8 Å². The summed E-state index contributed by atoms with van der Waals surface area (Å²) in [6, 6.07) is 7.45. The Balaban J connectivity index is 1.47. The Kier molecular flexibility index (Phi) is 4.41. The fourth-order valence-corrected chi connectivity index (χ4v) is 2.30. The van der Waals surface area contributed by atoms with Crippen LogP contribution < -0.4 is 5.32 Å². The maximum atomic E-state index is 11.6. The van der Waals surface area contributed by atoms with Crippen LogP contribution in [0.3, 0.4) is 0 Å². The number of benzene rings is 1. The van der Waals surface area contributed by atoms with E-state index in [-0.39, 0.29) is 18.6 Å². The molecule has 1 N–H and O–H groups in total. The summed E-state index contributed by atoms with van der Waals surface area (Å²) in [7, 11) is 0. The van der Waals surface area contributed by atoms with Gasteiger partial charge in [0.05, 0.1) is 0 Å². The topological polar surface area (TPSA) is 81.4 Å². The lowest BCUT2D eigenvalue weighted by atomic mass is 10.2. The Morgan fingerprint density at radius 1 is 1.43 bits per heavy atom. The predicted octanol–water partition coefficient (Wildman–Crippen LogP) is 2.30. The number of aromatic nitrogens is 1. The summed E-state index contributed by atoms with van der Waals surface area (Å²) in [4.78, 5) is 27.5. The molecule has 0 bridgehead atoms. The summed E-state index contributed by atoms with van der Waals surface area (Å²) in [5.41, 5.74) is 1.36. The SMILES string of the molecule is C[C@@H](NC(=O)COC(=O)/C=C/c1nc2ccccc2o1)C1CC1. The zero-order valence-corrected chi connectivity index (χ0v) is 12.8. The largest absolute Gasteiger partial charge is 0.452 e. The van der Waals surface area contributed by atoms with Crippen molar-refractivity contribution in [2.24, 2.45) is 5.92 Å². The number of ether oxygens (including phenoxy) is 1. The van der Waals surface area contributed by atoms with Gasteiger partial charge >= 0.3 is 5.97 Å². The van der Waals surface area contributed by atoms with Crippen molar-refractivity contribution in [3.63, 3.8) is 0 Å². The van der Waals surface area contributed by atoms with E-state index in [0.717, 1.165) is 12.8 Å². The molecule has 0 aliphatic heterocycles. The number of nitrogens with zero attached hydrogens (tertiary/aromatic N) is 1. The van der Waals surface area contributed by atoms with E-state index in [1.165, 1.54) is 12.2 Å². The summed E-state index contributed by atoms with van der Waals surface area (Å²) in [6.07, 6.45) is 4.91. The number of para-hydroxylation sites is 2. The summed E-state index contributed by atoms with van der Waals surface area (Å²) in [5.74, 6) is -0.0156. The molecule has 3 rings (SSSR count). The average molecular weight is 314 g/mol. The van der Waals surface area contributed by atoms with Gasteiger partial charge in [0, 0.05) is 18.2 Å². The lowest BCUT2D eigenvalue weighted by Gasteiger charge is -2.12. The number of fused-ring (bicyclic) bond motifs is 1. The van der Waals surface area contributed by atoms with Crippen molar-refractivity contribution in [1.82, 2.24) is 10.3 Å². The van der Waals surface area contributed by atoms with Crippen molar-refractivity contribution in [3.05, 3.63) is 36.2 Å². The molecule has 1 aliphatic rings. The van der Waals surface area contributed by atoms with Crippen LogP contribution in [0.2, 0.25) is 0 Å². The molecular weight excluding hydrogens is 296 g/mol. The third-order valence-corrected chi connectivity index (χ3v) is 3.74. The number of hydrogen-bond acceptors (Lipinski definition) is 5. The Hall–Kier alpha value is -2.63. The van der Waals surface area contributed by atoms with E-state index < -0.39 is 5.97 Å². The minimum Gasteiger partial charge on any atom is -0.452 e. The zero-order valence-electron chi connectivity index (χ0n) is 12.8. The number of rotatable bonds is 6. The standard InChI is InChI=1S/C17H18N2O4/c1-11(12-6-7-12)18-15(20)10-22-17(21)9-8-16-19-13-4-2-3-5-14(13)23-16/h2-5,8-9,11-12H,6-7,10H2,1H3,(H,18,20)/b9-8+/t11-/m1/s1. The number of oxazole rings is 1. The molecule has 1 amide bonds. The summed E-state index contributed by atoms with van der Waals surface area (Å²) < 4.78 is 10.3. The predicted molar refractivity (Wildman–Crippen MR) is 84.3 cm³/mol. The third kappa shape index (κ3) is 4.18. The number of carbonyl (C=O) groups excluding carboxylic acids is 2. The maximum absolute atomic E-state index is 11.6. The van der Waals surface area contributed by atoms with Gasteiger partial charge in [0.25, 0.3) is 5.91 Å². The quantitative estimate of drug-likeness (QED) is 0.653. The first-order chi connectivity index (χ1) is 11.1. The van der Waals surface area contributed by atoms with Gasteiger partial charge in [-0.05, 0) is 37.8 Å². The van der Waals surface area contributed by atoms with E-state index in [1.54, 1.807) is 6.07 Å². The van der Waals surface area contributed by atoms with Crippen molar-refractivity contribution in [2.45, 2.75) is 25.8 Å².